The molecule has 0 bridgehead atoms. The zero-order valence-electron chi connectivity index (χ0n) is 13.8. The average Bonchev–Trinajstić information content (AvgIpc) is 3.15. The number of nitrogens with zero attached hydrogens (tertiary/aromatic N) is 4. The lowest BCUT2D eigenvalue weighted by atomic mass is 10.3. The van der Waals surface area contributed by atoms with E-state index in [-0.39, 0.29) is 6.10 Å². The molecule has 3 rings (SSSR count). The molecule has 6 nitrogen and oxygen atoms in total. The van der Waals surface area contributed by atoms with Crippen molar-refractivity contribution < 1.29 is 4.74 Å². The van der Waals surface area contributed by atoms with E-state index < -0.39 is 0 Å². The van der Waals surface area contributed by atoms with Gasteiger partial charge in [0.15, 0.2) is 11.1 Å². The number of benzene rings is 1. The number of hydrogen-bond acceptors (Lipinski definition) is 5. The first-order valence-corrected chi connectivity index (χ1v) is 9.01. The normalized spacial score (nSPS) is 17.0. The van der Waals surface area contributed by atoms with E-state index in [1.54, 1.807) is 11.3 Å². The topological polar surface area (TPSA) is 67.0 Å². The Hall–Kier alpha value is -2.28. The molecule has 1 fully saturated rings. The summed E-state index contributed by atoms with van der Waals surface area (Å²) in [7, 11) is 0. The van der Waals surface area contributed by atoms with Gasteiger partial charge in [-0.15, -0.1) is 11.3 Å². The molecule has 0 aliphatic carbocycles. The molecule has 7 heteroatoms. The second-order valence-corrected chi connectivity index (χ2v) is 6.60. The van der Waals surface area contributed by atoms with Crippen molar-refractivity contribution in [2.75, 3.05) is 37.6 Å². The lowest BCUT2D eigenvalue weighted by Gasteiger charge is -2.35. The summed E-state index contributed by atoms with van der Waals surface area (Å²) in [6, 6.07) is 9.78. The molecule has 1 aromatic heterocycles. The van der Waals surface area contributed by atoms with Crippen LogP contribution in [0.1, 0.15) is 6.92 Å². The fourth-order valence-corrected chi connectivity index (χ4v) is 3.29. The molecule has 0 saturated carbocycles. The minimum Gasteiger partial charge on any atom is -0.489 e. The number of para-hydroxylation sites is 1. The largest absolute Gasteiger partial charge is 0.489 e. The first kappa shape index (κ1) is 16.6. The molecule has 1 aliphatic rings. The van der Waals surface area contributed by atoms with Crippen LogP contribution in [0.5, 0.6) is 5.75 Å². The fourth-order valence-electron chi connectivity index (χ4n) is 2.59. The number of guanidine groups is 1. The van der Waals surface area contributed by atoms with Gasteiger partial charge in [0.05, 0.1) is 6.54 Å². The number of aromatic nitrogens is 1. The number of piperazine rings is 1. The van der Waals surface area contributed by atoms with Gasteiger partial charge in [-0.2, -0.15) is 0 Å². The van der Waals surface area contributed by atoms with Crippen LogP contribution in [0.3, 0.4) is 0 Å². The molecular weight excluding hydrogens is 322 g/mol. The predicted molar refractivity (Wildman–Crippen MR) is 98.9 cm³/mol. The van der Waals surface area contributed by atoms with E-state index in [4.69, 9.17) is 10.5 Å². The van der Waals surface area contributed by atoms with Crippen LogP contribution in [0.15, 0.2) is 46.9 Å². The fraction of sp³-hybridized carbons (Fsp3) is 0.412. The second kappa shape index (κ2) is 8.01. The van der Waals surface area contributed by atoms with Crippen LogP contribution in [0, 0.1) is 0 Å². The molecule has 1 saturated heterocycles. The summed E-state index contributed by atoms with van der Waals surface area (Å²) in [5.74, 6) is 1.45. The van der Waals surface area contributed by atoms with Gasteiger partial charge in [0.25, 0.3) is 0 Å². The maximum absolute atomic E-state index is 6.14. The number of aliphatic imine (C=N–C) groups is 1. The Bertz CT molecular complexity index is 638. The van der Waals surface area contributed by atoms with Gasteiger partial charge in [-0.1, -0.05) is 18.2 Å². The molecule has 2 N–H and O–H groups in total. The summed E-state index contributed by atoms with van der Waals surface area (Å²) in [6.07, 6.45) is 1.83. The Morgan fingerprint density at radius 3 is 2.71 bits per heavy atom. The highest BCUT2D eigenvalue weighted by molar-refractivity contribution is 7.13. The van der Waals surface area contributed by atoms with E-state index in [1.165, 1.54) is 0 Å². The summed E-state index contributed by atoms with van der Waals surface area (Å²) >= 11 is 1.67. The molecule has 0 radical (unpaired) electrons. The Morgan fingerprint density at radius 2 is 2.04 bits per heavy atom. The van der Waals surface area contributed by atoms with Crippen molar-refractivity contribution in [2.45, 2.75) is 13.0 Å². The van der Waals surface area contributed by atoms with Crippen LogP contribution >= 0.6 is 11.3 Å². The van der Waals surface area contributed by atoms with Gasteiger partial charge in [-0.05, 0) is 19.1 Å². The number of nitrogens with two attached hydrogens (primary N) is 1. The van der Waals surface area contributed by atoms with E-state index in [9.17, 15) is 0 Å². The van der Waals surface area contributed by atoms with Crippen molar-refractivity contribution in [3.05, 3.63) is 41.9 Å². The van der Waals surface area contributed by atoms with E-state index in [0.29, 0.717) is 12.5 Å². The van der Waals surface area contributed by atoms with Gasteiger partial charge in [0, 0.05) is 37.8 Å². The smallest absolute Gasteiger partial charge is 0.191 e. The third-order valence-electron chi connectivity index (χ3n) is 3.88. The first-order chi connectivity index (χ1) is 11.7. The van der Waals surface area contributed by atoms with Gasteiger partial charge >= 0.3 is 0 Å². The summed E-state index contributed by atoms with van der Waals surface area (Å²) < 4.78 is 5.82. The highest BCUT2D eigenvalue weighted by Gasteiger charge is 2.19. The quantitative estimate of drug-likeness (QED) is 0.663. The monoisotopic (exact) mass is 345 g/mol. The molecule has 2 aromatic rings. The summed E-state index contributed by atoms with van der Waals surface area (Å²) in [5, 5.41) is 3.08. The number of ether oxygens (including phenoxy) is 1. The lowest BCUT2D eigenvalue weighted by molar-refractivity contribution is 0.229. The average molecular weight is 345 g/mol. The highest BCUT2D eigenvalue weighted by Crippen LogP contribution is 2.18. The molecule has 24 heavy (non-hydrogen) atoms. The second-order valence-electron chi connectivity index (χ2n) is 5.73. The van der Waals surface area contributed by atoms with Crippen LogP contribution in [-0.4, -0.2) is 54.7 Å². The number of hydrogen-bond donors (Lipinski definition) is 1. The first-order valence-electron chi connectivity index (χ1n) is 8.13. The van der Waals surface area contributed by atoms with Crippen molar-refractivity contribution in [3.63, 3.8) is 0 Å². The minimum atomic E-state index is -0.0115. The van der Waals surface area contributed by atoms with Gasteiger partial charge in [0.2, 0.25) is 0 Å². The van der Waals surface area contributed by atoms with Crippen LogP contribution in [0.25, 0.3) is 0 Å². The molecule has 2 heterocycles. The van der Waals surface area contributed by atoms with Crippen LogP contribution < -0.4 is 15.4 Å². The van der Waals surface area contributed by atoms with Gasteiger partial charge in [-0.3, -0.25) is 0 Å². The Balaban J connectivity index is 1.46. The molecule has 1 atom stereocenters. The van der Waals surface area contributed by atoms with Crippen molar-refractivity contribution in [1.82, 2.24) is 9.88 Å². The van der Waals surface area contributed by atoms with E-state index in [2.05, 4.69) is 19.8 Å². The standard InChI is InChI=1S/C17H23N5OS/c1-14(23-15-5-3-2-4-6-15)13-20-16(18)21-8-10-22(11-9-21)17-19-7-12-24-17/h2-7,12,14H,8-11,13H2,1H3,(H2,18,20). The summed E-state index contributed by atoms with van der Waals surface area (Å²) in [6.45, 7) is 6.11. The van der Waals surface area contributed by atoms with Crippen molar-refractivity contribution >= 4 is 22.4 Å². The zero-order chi connectivity index (χ0) is 16.8. The summed E-state index contributed by atoms with van der Waals surface area (Å²) in [5.41, 5.74) is 6.14. The third kappa shape index (κ3) is 4.38. The summed E-state index contributed by atoms with van der Waals surface area (Å²) in [4.78, 5) is 13.3. The van der Waals surface area contributed by atoms with Crippen molar-refractivity contribution in [3.8, 4) is 5.75 Å². The number of anilines is 1. The maximum Gasteiger partial charge on any atom is 0.191 e. The van der Waals surface area contributed by atoms with Crippen LogP contribution in [0.2, 0.25) is 0 Å². The third-order valence-corrected chi connectivity index (χ3v) is 4.72. The molecule has 128 valence electrons. The molecule has 1 unspecified atom stereocenters. The van der Waals surface area contributed by atoms with E-state index >= 15 is 0 Å². The van der Waals surface area contributed by atoms with Gasteiger partial charge in [-0.25, -0.2) is 9.98 Å². The minimum absolute atomic E-state index is 0.0115. The molecule has 0 spiro atoms. The SMILES string of the molecule is CC(CN=C(N)N1CCN(c2nccs2)CC1)Oc1ccccc1. The number of rotatable bonds is 5. The van der Waals surface area contributed by atoms with Crippen molar-refractivity contribution in [2.24, 2.45) is 10.7 Å². The Morgan fingerprint density at radius 1 is 1.29 bits per heavy atom. The van der Waals surface area contributed by atoms with Crippen LogP contribution in [0.4, 0.5) is 5.13 Å². The molecule has 1 aromatic carbocycles. The molecular formula is C17H23N5OS. The Labute approximate surface area is 146 Å². The van der Waals surface area contributed by atoms with Gasteiger partial charge in [0.1, 0.15) is 11.9 Å². The Kier molecular flexibility index (Phi) is 5.53. The van der Waals surface area contributed by atoms with Crippen molar-refractivity contribution in [1.29, 1.82) is 0 Å². The van der Waals surface area contributed by atoms with Crippen LogP contribution in [-0.2, 0) is 0 Å². The maximum atomic E-state index is 6.14. The highest BCUT2D eigenvalue weighted by atomic mass is 32.1. The predicted octanol–water partition coefficient (Wildman–Crippen LogP) is 2.05. The van der Waals surface area contributed by atoms with Gasteiger partial charge < -0.3 is 20.3 Å². The van der Waals surface area contributed by atoms with E-state index in [1.807, 2.05) is 48.8 Å². The molecule has 1 aliphatic heterocycles. The zero-order valence-corrected chi connectivity index (χ0v) is 14.7. The lowest BCUT2D eigenvalue weighted by Crippen LogP contribution is -2.51. The van der Waals surface area contributed by atoms with E-state index in [0.717, 1.165) is 37.1 Å². The number of thiazole rings is 1. The molecule has 0 amide bonds.